The molecule has 210 valence electrons. The number of carbonyl (C=O) groups excluding carboxylic acids is 3. The Morgan fingerprint density at radius 2 is 1.77 bits per heavy atom. The van der Waals surface area contributed by atoms with E-state index in [0.717, 1.165) is 31.2 Å². The number of rotatable bonds is 7. The average molecular weight is 562 g/mol. The summed E-state index contributed by atoms with van der Waals surface area (Å²) in [6.45, 7) is 4.39. The van der Waals surface area contributed by atoms with E-state index in [9.17, 15) is 14.4 Å². The molecule has 4 aliphatic rings. The number of likely N-dealkylation sites (tertiary alicyclic amines) is 1. The van der Waals surface area contributed by atoms with Crippen molar-refractivity contribution in [3.63, 3.8) is 0 Å². The van der Waals surface area contributed by atoms with Gasteiger partial charge >= 0.3 is 0 Å². The maximum atomic E-state index is 14.2. The van der Waals surface area contributed by atoms with Gasteiger partial charge in [0.25, 0.3) is 0 Å². The van der Waals surface area contributed by atoms with E-state index < -0.39 is 29.6 Å². The second kappa shape index (κ2) is 10.7. The van der Waals surface area contributed by atoms with Gasteiger partial charge in [-0.3, -0.25) is 14.4 Å². The maximum absolute atomic E-state index is 14.2. The van der Waals surface area contributed by atoms with Gasteiger partial charge in [0.2, 0.25) is 17.7 Å². The number of anilines is 1. The minimum Gasteiger partial charge on any atom is -0.359 e. The Balaban J connectivity index is 1.31. The van der Waals surface area contributed by atoms with Gasteiger partial charge in [-0.05, 0) is 48.1 Å². The number of ether oxygens (including phenoxy) is 1. The summed E-state index contributed by atoms with van der Waals surface area (Å²) in [7, 11) is 0. The first-order chi connectivity index (χ1) is 19.3. The minimum absolute atomic E-state index is 0.0736. The van der Waals surface area contributed by atoms with Crippen molar-refractivity contribution in [2.45, 2.75) is 82.2 Å². The van der Waals surface area contributed by atoms with Crippen LogP contribution in [0.5, 0.6) is 0 Å². The van der Waals surface area contributed by atoms with E-state index in [1.54, 1.807) is 11.0 Å². The summed E-state index contributed by atoms with van der Waals surface area (Å²) >= 11 is 6.48. The minimum atomic E-state index is -1.20. The Kier molecular flexibility index (Phi) is 7.21. The average Bonchev–Trinajstić information content (AvgIpc) is 3.58. The SMILES string of the molecule is CC(C)c1ccc(NC(=O)C2[C@H]3C=CC4(O3)C(C(=O)NC3CCCCC3)N(Cc3ccccc3Cl)C(=O)[C@@H]24)cc1. The second-order valence-corrected chi connectivity index (χ2v) is 12.3. The van der Waals surface area contributed by atoms with E-state index in [4.69, 9.17) is 16.3 Å². The van der Waals surface area contributed by atoms with Crippen LogP contribution in [0.15, 0.2) is 60.7 Å². The van der Waals surface area contributed by atoms with Gasteiger partial charge in [-0.2, -0.15) is 0 Å². The zero-order chi connectivity index (χ0) is 28.0. The molecule has 2 aromatic carbocycles. The largest absolute Gasteiger partial charge is 0.359 e. The number of hydrogen-bond acceptors (Lipinski definition) is 4. The van der Waals surface area contributed by atoms with E-state index >= 15 is 0 Å². The van der Waals surface area contributed by atoms with Crippen molar-refractivity contribution in [3.8, 4) is 0 Å². The van der Waals surface area contributed by atoms with E-state index in [0.29, 0.717) is 16.6 Å². The summed E-state index contributed by atoms with van der Waals surface area (Å²) in [5.74, 6) is -1.94. The predicted octanol–water partition coefficient (Wildman–Crippen LogP) is 5.20. The Labute approximate surface area is 240 Å². The van der Waals surface area contributed by atoms with Crippen molar-refractivity contribution in [3.05, 3.63) is 76.8 Å². The molecule has 8 heteroatoms. The number of fused-ring (bicyclic) bond motifs is 1. The summed E-state index contributed by atoms with van der Waals surface area (Å²) in [5, 5.41) is 6.75. The van der Waals surface area contributed by atoms with Crippen molar-refractivity contribution in [1.82, 2.24) is 10.2 Å². The molecule has 5 atom stereocenters. The van der Waals surface area contributed by atoms with Crippen LogP contribution in [0, 0.1) is 11.8 Å². The van der Waals surface area contributed by atoms with E-state index in [1.807, 2.05) is 54.6 Å². The highest BCUT2D eigenvalue weighted by molar-refractivity contribution is 6.31. The molecule has 3 unspecified atom stereocenters. The molecule has 0 aromatic heterocycles. The summed E-state index contributed by atoms with van der Waals surface area (Å²) in [6.07, 6.45) is 8.28. The lowest BCUT2D eigenvalue weighted by atomic mass is 9.74. The lowest BCUT2D eigenvalue weighted by Gasteiger charge is -2.34. The molecule has 2 N–H and O–H groups in total. The van der Waals surface area contributed by atoms with Crippen LogP contribution < -0.4 is 10.6 Å². The topological polar surface area (TPSA) is 87.7 Å². The van der Waals surface area contributed by atoms with Gasteiger partial charge in [-0.15, -0.1) is 0 Å². The first-order valence-electron chi connectivity index (χ1n) is 14.4. The Morgan fingerprint density at radius 1 is 1.05 bits per heavy atom. The van der Waals surface area contributed by atoms with Crippen molar-refractivity contribution in [1.29, 1.82) is 0 Å². The molecule has 3 amide bonds. The molecule has 1 saturated carbocycles. The molecule has 3 fully saturated rings. The van der Waals surface area contributed by atoms with E-state index in [1.165, 1.54) is 12.0 Å². The van der Waals surface area contributed by atoms with Gasteiger partial charge in [0.05, 0.1) is 17.9 Å². The number of nitrogens with one attached hydrogen (secondary N) is 2. The molecule has 1 spiro atoms. The molecule has 40 heavy (non-hydrogen) atoms. The molecule has 7 nitrogen and oxygen atoms in total. The van der Waals surface area contributed by atoms with Crippen LogP contribution in [-0.2, 0) is 25.7 Å². The van der Waals surface area contributed by atoms with Crippen molar-refractivity contribution < 1.29 is 19.1 Å². The van der Waals surface area contributed by atoms with Crippen molar-refractivity contribution in [2.75, 3.05) is 5.32 Å². The molecule has 2 bridgehead atoms. The molecule has 0 radical (unpaired) electrons. The first kappa shape index (κ1) is 27.0. The zero-order valence-electron chi connectivity index (χ0n) is 22.9. The number of benzene rings is 2. The molecule has 1 aliphatic carbocycles. The quantitative estimate of drug-likeness (QED) is 0.455. The second-order valence-electron chi connectivity index (χ2n) is 11.9. The number of nitrogens with zero attached hydrogens (tertiary/aromatic N) is 1. The monoisotopic (exact) mass is 561 g/mol. The van der Waals surface area contributed by atoms with Crippen LogP contribution in [0.2, 0.25) is 5.02 Å². The molecular weight excluding hydrogens is 526 g/mol. The molecule has 3 aliphatic heterocycles. The summed E-state index contributed by atoms with van der Waals surface area (Å²) in [6, 6.07) is 14.3. The highest BCUT2D eigenvalue weighted by Gasteiger charge is 2.72. The fraction of sp³-hybridized carbons (Fsp3) is 0.469. The fourth-order valence-corrected chi connectivity index (χ4v) is 7.15. The van der Waals surface area contributed by atoms with Gasteiger partial charge < -0.3 is 20.3 Å². The van der Waals surface area contributed by atoms with Crippen molar-refractivity contribution >= 4 is 35.0 Å². The van der Waals surface area contributed by atoms with E-state index in [2.05, 4.69) is 24.5 Å². The lowest BCUT2D eigenvalue weighted by molar-refractivity contribution is -0.142. The van der Waals surface area contributed by atoms with Gasteiger partial charge in [-0.25, -0.2) is 0 Å². The van der Waals surface area contributed by atoms with Crippen LogP contribution in [0.25, 0.3) is 0 Å². The highest BCUT2D eigenvalue weighted by atomic mass is 35.5. The normalized spacial score (nSPS) is 29.2. The number of hydrogen-bond donors (Lipinski definition) is 2. The molecule has 2 saturated heterocycles. The predicted molar refractivity (Wildman–Crippen MR) is 154 cm³/mol. The van der Waals surface area contributed by atoms with Crippen LogP contribution in [0.3, 0.4) is 0 Å². The summed E-state index contributed by atoms with van der Waals surface area (Å²) in [4.78, 5) is 43.4. The molecule has 6 rings (SSSR count). The van der Waals surface area contributed by atoms with E-state index in [-0.39, 0.29) is 30.3 Å². The standard InChI is InChI=1S/C32H36ClN3O4/c1-19(2)20-12-14-23(15-13-20)34-29(37)26-25-16-17-32(40-25)27(26)31(39)36(18-21-8-6-7-11-24(21)33)28(32)30(38)35-22-9-4-3-5-10-22/h6-8,11-17,19,22,25-28H,3-5,9-10,18H2,1-2H3,(H,34,37)(H,35,38)/t25-,26?,27-,28?,32?/m1/s1. The van der Waals surface area contributed by atoms with Crippen LogP contribution in [-0.4, -0.2) is 46.4 Å². The smallest absolute Gasteiger partial charge is 0.246 e. The Bertz CT molecular complexity index is 1340. The van der Waals surface area contributed by atoms with Crippen LogP contribution >= 0.6 is 11.6 Å². The third-order valence-corrected chi connectivity index (χ3v) is 9.39. The van der Waals surface area contributed by atoms with Crippen LogP contribution in [0.1, 0.15) is 63.0 Å². The van der Waals surface area contributed by atoms with Gasteiger partial charge in [0.1, 0.15) is 11.6 Å². The van der Waals surface area contributed by atoms with Gasteiger partial charge in [0, 0.05) is 23.3 Å². The first-order valence-corrected chi connectivity index (χ1v) is 14.8. The maximum Gasteiger partial charge on any atom is 0.246 e. The molecule has 2 aromatic rings. The van der Waals surface area contributed by atoms with Gasteiger partial charge in [0.15, 0.2) is 0 Å². The lowest BCUT2D eigenvalue weighted by Crippen LogP contribution is -2.56. The summed E-state index contributed by atoms with van der Waals surface area (Å²) in [5.41, 5.74) is 1.39. The van der Waals surface area contributed by atoms with Gasteiger partial charge in [-0.1, -0.05) is 87.2 Å². The number of halogens is 1. The zero-order valence-corrected chi connectivity index (χ0v) is 23.7. The third kappa shape index (κ3) is 4.63. The fourth-order valence-electron chi connectivity index (χ4n) is 6.95. The number of amides is 3. The Morgan fingerprint density at radius 3 is 2.48 bits per heavy atom. The third-order valence-electron chi connectivity index (χ3n) is 9.02. The summed E-state index contributed by atoms with van der Waals surface area (Å²) < 4.78 is 6.47. The highest BCUT2D eigenvalue weighted by Crippen LogP contribution is 2.55. The van der Waals surface area contributed by atoms with Crippen LogP contribution in [0.4, 0.5) is 5.69 Å². The van der Waals surface area contributed by atoms with Crippen molar-refractivity contribution in [2.24, 2.45) is 11.8 Å². The Hall–Kier alpha value is -3.16. The molecular formula is C32H36ClN3O4. The molecule has 3 heterocycles. The number of carbonyl (C=O) groups is 3.